The lowest BCUT2D eigenvalue weighted by molar-refractivity contribution is -0.117. The van der Waals surface area contributed by atoms with Gasteiger partial charge in [0.15, 0.2) is 0 Å². The Kier molecular flexibility index (Phi) is 4.34. The van der Waals surface area contributed by atoms with Crippen LogP contribution < -0.4 is 10.6 Å². The van der Waals surface area contributed by atoms with Gasteiger partial charge in [-0.25, -0.2) is 0 Å². The Morgan fingerprint density at radius 2 is 2.05 bits per heavy atom. The van der Waals surface area contributed by atoms with Gasteiger partial charge in [0.25, 0.3) is 0 Å². The average molecular weight is 358 g/mol. The Morgan fingerprint density at radius 3 is 2.75 bits per heavy atom. The molecule has 0 radical (unpaired) electrons. The van der Waals surface area contributed by atoms with Crippen LogP contribution in [-0.2, 0) is 4.79 Å². The molecule has 2 atom stereocenters. The van der Waals surface area contributed by atoms with Crippen molar-refractivity contribution in [2.45, 2.75) is 44.2 Å². The maximum absolute atomic E-state index is 12.2. The maximum atomic E-state index is 12.2. The van der Waals surface area contributed by atoms with Crippen molar-refractivity contribution in [3.05, 3.63) is 27.7 Å². The minimum atomic E-state index is 0.0660. The molecule has 2 unspecified atom stereocenters. The zero-order chi connectivity index (χ0) is 14.1. The summed E-state index contributed by atoms with van der Waals surface area (Å²) in [6.45, 7) is 0. The molecule has 2 aliphatic rings. The molecule has 20 heavy (non-hydrogen) atoms. The minimum Gasteiger partial charge on any atom is -0.325 e. The fourth-order valence-corrected chi connectivity index (χ4v) is 3.92. The molecule has 0 aromatic heterocycles. The summed E-state index contributed by atoms with van der Waals surface area (Å²) in [4.78, 5) is 12.2. The van der Waals surface area contributed by atoms with Gasteiger partial charge in [-0.15, -0.1) is 0 Å². The Labute approximate surface area is 132 Å². The molecule has 2 aliphatic heterocycles. The number of anilines is 1. The fourth-order valence-electron chi connectivity index (χ4n) is 3.40. The van der Waals surface area contributed by atoms with Crippen LogP contribution in [0.4, 0.5) is 5.69 Å². The molecule has 108 valence electrons. The number of hydrogen-bond acceptors (Lipinski definition) is 2. The van der Waals surface area contributed by atoms with Crippen molar-refractivity contribution in [3.8, 4) is 0 Å². The van der Waals surface area contributed by atoms with Crippen LogP contribution in [0.15, 0.2) is 22.7 Å². The summed E-state index contributed by atoms with van der Waals surface area (Å²) >= 11 is 9.48. The predicted octanol–water partition coefficient (Wildman–Crippen LogP) is 3.96. The van der Waals surface area contributed by atoms with Crippen LogP contribution in [0.5, 0.6) is 0 Å². The molecule has 1 aromatic carbocycles. The molecule has 0 spiro atoms. The first-order valence-corrected chi connectivity index (χ1v) is 8.28. The second-order valence-corrected chi connectivity index (χ2v) is 7.17. The highest BCUT2D eigenvalue weighted by atomic mass is 79.9. The summed E-state index contributed by atoms with van der Waals surface area (Å²) in [7, 11) is 0. The van der Waals surface area contributed by atoms with Crippen LogP contribution in [0.1, 0.15) is 32.1 Å². The summed E-state index contributed by atoms with van der Waals surface area (Å²) in [6, 6.07) is 6.74. The Balaban J connectivity index is 1.58. The molecule has 3 rings (SSSR count). The Hall–Kier alpha value is -0.580. The number of fused-ring (bicyclic) bond motifs is 2. The highest BCUT2D eigenvalue weighted by Gasteiger charge is 2.34. The van der Waals surface area contributed by atoms with Gasteiger partial charge in [0, 0.05) is 23.0 Å². The molecule has 2 heterocycles. The zero-order valence-electron chi connectivity index (χ0n) is 11.2. The molecule has 0 saturated carbocycles. The van der Waals surface area contributed by atoms with Crippen LogP contribution in [0.25, 0.3) is 0 Å². The lowest BCUT2D eigenvalue weighted by Gasteiger charge is -2.28. The van der Waals surface area contributed by atoms with Crippen molar-refractivity contribution < 1.29 is 4.79 Å². The van der Waals surface area contributed by atoms with E-state index in [1.165, 1.54) is 12.8 Å². The molecule has 2 bridgehead atoms. The van der Waals surface area contributed by atoms with E-state index in [4.69, 9.17) is 11.6 Å². The standard InChI is InChI=1S/C15H18BrClN2O/c16-10-1-4-13(17)14(8-10)19-15(20)7-9-5-11-2-3-12(6-9)18-11/h1,4,8-9,11-12,18H,2-3,5-7H2,(H,19,20). The topological polar surface area (TPSA) is 41.1 Å². The lowest BCUT2D eigenvalue weighted by Crippen LogP contribution is -2.39. The van der Waals surface area contributed by atoms with Crippen molar-refractivity contribution in [3.63, 3.8) is 0 Å². The Bertz CT molecular complexity index is 511. The number of nitrogens with one attached hydrogen (secondary N) is 2. The lowest BCUT2D eigenvalue weighted by atomic mass is 9.89. The molecular weight excluding hydrogens is 340 g/mol. The third kappa shape index (κ3) is 3.35. The van der Waals surface area contributed by atoms with Crippen LogP contribution in [-0.4, -0.2) is 18.0 Å². The third-order valence-electron chi connectivity index (χ3n) is 4.25. The molecule has 2 N–H and O–H groups in total. The van der Waals surface area contributed by atoms with E-state index in [0.717, 1.165) is 17.3 Å². The first-order valence-electron chi connectivity index (χ1n) is 7.11. The summed E-state index contributed by atoms with van der Waals surface area (Å²) in [5.41, 5.74) is 0.683. The quantitative estimate of drug-likeness (QED) is 0.859. The van der Waals surface area contributed by atoms with Gasteiger partial charge >= 0.3 is 0 Å². The average Bonchev–Trinajstić information content (AvgIpc) is 2.73. The normalized spacial score (nSPS) is 28.4. The van der Waals surface area contributed by atoms with Gasteiger partial charge in [-0.3, -0.25) is 4.79 Å². The van der Waals surface area contributed by atoms with Crippen molar-refractivity contribution >= 4 is 39.1 Å². The van der Waals surface area contributed by atoms with Gasteiger partial charge in [0.05, 0.1) is 10.7 Å². The Morgan fingerprint density at radius 1 is 1.35 bits per heavy atom. The zero-order valence-corrected chi connectivity index (χ0v) is 13.5. The number of benzene rings is 1. The van der Waals surface area contributed by atoms with Gasteiger partial charge < -0.3 is 10.6 Å². The van der Waals surface area contributed by atoms with E-state index in [0.29, 0.717) is 35.1 Å². The van der Waals surface area contributed by atoms with Gasteiger partial charge in [-0.05, 0) is 49.8 Å². The molecule has 3 nitrogen and oxygen atoms in total. The highest BCUT2D eigenvalue weighted by Crippen LogP contribution is 2.33. The first-order chi connectivity index (χ1) is 9.60. The van der Waals surface area contributed by atoms with Crippen molar-refractivity contribution in [1.82, 2.24) is 5.32 Å². The van der Waals surface area contributed by atoms with Crippen molar-refractivity contribution in [1.29, 1.82) is 0 Å². The monoisotopic (exact) mass is 356 g/mol. The number of carbonyl (C=O) groups excluding carboxylic acids is 1. The third-order valence-corrected chi connectivity index (χ3v) is 5.07. The molecule has 1 aromatic rings. The van der Waals surface area contributed by atoms with E-state index in [9.17, 15) is 4.79 Å². The van der Waals surface area contributed by atoms with Crippen LogP contribution in [0, 0.1) is 5.92 Å². The van der Waals surface area contributed by atoms with E-state index in [1.54, 1.807) is 6.07 Å². The second-order valence-electron chi connectivity index (χ2n) is 5.85. The number of amides is 1. The molecule has 1 amide bonds. The van der Waals surface area contributed by atoms with E-state index in [1.807, 2.05) is 12.1 Å². The van der Waals surface area contributed by atoms with Crippen molar-refractivity contribution in [2.75, 3.05) is 5.32 Å². The molecule has 5 heteroatoms. The molecular formula is C15H18BrClN2O. The van der Waals surface area contributed by atoms with Gasteiger partial charge in [-0.1, -0.05) is 27.5 Å². The number of rotatable bonds is 3. The molecule has 2 saturated heterocycles. The van der Waals surface area contributed by atoms with E-state index in [2.05, 4.69) is 26.6 Å². The number of piperidine rings is 1. The SMILES string of the molecule is O=C(CC1CC2CCC(C1)N2)Nc1cc(Br)ccc1Cl. The summed E-state index contributed by atoms with van der Waals surface area (Å²) in [6.07, 6.45) is 5.37. The van der Waals surface area contributed by atoms with Crippen LogP contribution in [0.3, 0.4) is 0 Å². The van der Waals surface area contributed by atoms with Crippen LogP contribution >= 0.6 is 27.5 Å². The first kappa shape index (κ1) is 14.4. The van der Waals surface area contributed by atoms with Crippen molar-refractivity contribution in [2.24, 2.45) is 5.92 Å². The summed E-state index contributed by atoms with van der Waals surface area (Å²) < 4.78 is 0.914. The highest BCUT2D eigenvalue weighted by molar-refractivity contribution is 9.10. The van der Waals surface area contributed by atoms with Crippen LogP contribution in [0.2, 0.25) is 5.02 Å². The fraction of sp³-hybridized carbons (Fsp3) is 0.533. The van der Waals surface area contributed by atoms with E-state index < -0.39 is 0 Å². The van der Waals surface area contributed by atoms with Gasteiger partial charge in [0.1, 0.15) is 0 Å². The number of carbonyl (C=O) groups is 1. The molecule has 2 fully saturated rings. The largest absolute Gasteiger partial charge is 0.325 e. The minimum absolute atomic E-state index is 0.0660. The smallest absolute Gasteiger partial charge is 0.224 e. The second kappa shape index (κ2) is 6.04. The summed E-state index contributed by atoms with van der Waals surface area (Å²) in [5, 5.41) is 7.10. The summed E-state index contributed by atoms with van der Waals surface area (Å²) in [5.74, 6) is 0.566. The van der Waals surface area contributed by atoms with Gasteiger partial charge in [0.2, 0.25) is 5.91 Å². The number of hydrogen-bond donors (Lipinski definition) is 2. The van der Waals surface area contributed by atoms with E-state index in [-0.39, 0.29) is 5.91 Å². The van der Waals surface area contributed by atoms with Gasteiger partial charge in [-0.2, -0.15) is 0 Å². The number of halogens is 2. The molecule has 0 aliphatic carbocycles. The van der Waals surface area contributed by atoms with E-state index >= 15 is 0 Å². The maximum Gasteiger partial charge on any atom is 0.224 e. The predicted molar refractivity (Wildman–Crippen MR) is 85.1 cm³/mol.